The van der Waals surface area contributed by atoms with Gasteiger partial charge in [-0.25, -0.2) is 9.18 Å². The number of carbonyl (C=O) groups excluding carboxylic acids is 2. The van der Waals surface area contributed by atoms with Gasteiger partial charge in [0, 0.05) is 111 Å². The third-order valence-corrected chi connectivity index (χ3v) is 14.1. The predicted molar refractivity (Wildman–Crippen MR) is 244 cm³/mol. The van der Waals surface area contributed by atoms with Crippen molar-refractivity contribution in [2.45, 2.75) is 63.2 Å². The van der Waals surface area contributed by atoms with E-state index in [9.17, 15) is 14.7 Å². The molecule has 322 valence electrons. The van der Waals surface area contributed by atoms with E-state index in [1.807, 2.05) is 36.4 Å². The molecule has 4 aromatic carbocycles. The largest absolute Gasteiger partial charge is 0.507 e. The fourth-order valence-electron chi connectivity index (χ4n) is 10.9. The summed E-state index contributed by atoms with van der Waals surface area (Å²) in [7, 11) is 0. The molecule has 0 spiro atoms. The Morgan fingerprint density at radius 3 is 2.37 bits per heavy atom. The van der Waals surface area contributed by atoms with Crippen molar-refractivity contribution in [3.8, 4) is 17.0 Å². The molecular weight excluding hydrogens is 796 g/mol. The number of fused-ring (bicyclic) bond motifs is 4. The molecule has 0 saturated carbocycles. The number of anilines is 5. The first-order chi connectivity index (χ1) is 30.7. The van der Waals surface area contributed by atoms with E-state index in [2.05, 4.69) is 82.3 Å². The molecule has 2 bridgehead atoms. The SMILES string of the molecule is Nc1nnc(-c2ccccc2O)cc1N1CC2CCC(C1)N2c1ccc(F)c(N2CCN(Cc3ccc4c(c3)CC[C@@H](n3ccc5cc(N6CCC(=O)NC6=O)ccc53)C4)CC2)c1. The molecule has 4 saturated heterocycles. The van der Waals surface area contributed by atoms with E-state index in [0.717, 1.165) is 106 Å². The van der Waals surface area contributed by atoms with Gasteiger partial charge in [-0.1, -0.05) is 30.3 Å². The fraction of sp³-hybridized carbons (Fsp3) is 0.347. The minimum atomic E-state index is -0.364. The topological polar surface area (TPSA) is 139 Å². The van der Waals surface area contributed by atoms with Crippen LogP contribution in [0.3, 0.4) is 0 Å². The summed E-state index contributed by atoms with van der Waals surface area (Å²) in [5.41, 5.74) is 16.3. The predicted octanol–water partition coefficient (Wildman–Crippen LogP) is 6.88. The number of nitrogen functional groups attached to an aromatic ring is 1. The molecular formula is C49H51FN10O3. The molecule has 6 heterocycles. The lowest BCUT2D eigenvalue weighted by atomic mass is 9.87. The van der Waals surface area contributed by atoms with Gasteiger partial charge in [-0.2, -0.15) is 0 Å². The molecule has 13 nitrogen and oxygen atoms in total. The lowest BCUT2D eigenvalue weighted by molar-refractivity contribution is -0.120. The van der Waals surface area contributed by atoms with Crippen molar-refractivity contribution < 1.29 is 19.1 Å². The van der Waals surface area contributed by atoms with Crippen LogP contribution in [0.2, 0.25) is 0 Å². The monoisotopic (exact) mass is 846 g/mol. The summed E-state index contributed by atoms with van der Waals surface area (Å²) < 4.78 is 18.0. The number of halogens is 1. The molecule has 63 heavy (non-hydrogen) atoms. The highest BCUT2D eigenvalue weighted by atomic mass is 19.1. The van der Waals surface area contributed by atoms with Gasteiger partial charge in [-0.05, 0) is 109 Å². The number of piperazine rings is 2. The zero-order chi connectivity index (χ0) is 42.8. The number of hydrogen-bond donors (Lipinski definition) is 3. The third kappa shape index (κ3) is 7.35. The summed E-state index contributed by atoms with van der Waals surface area (Å²) in [5.74, 6) is 0.118. The zero-order valence-corrected chi connectivity index (χ0v) is 35.2. The van der Waals surface area contributed by atoms with Crippen molar-refractivity contribution in [2.24, 2.45) is 0 Å². The Bertz CT molecular complexity index is 2740. The number of phenols is 1. The Morgan fingerprint density at radius 2 is 1.56 bits per heavy atom. The number of nitrogens with two attached hydrogens (primary N) is 1. The van der Waals surface area contributed by atoms with E-state index in [0.29, 0.717) is 41.8 Å². The maximum atomic E-state index is 15.6. The number of amides is 3. The van der Waals surface area contributed by atoms with Crippen molar-refractivity contribution in [3.63, 3.8) is 0 Å². The highest BCUT2D eigenvalue weighted by Crippen LogP contribution is 2.41. The summed E-state index contributed by atoms with van der Waals surface area (Å²) >= 11 is 0. The van der Waals surface area contributed by atoms with Crippen LogP contribution in [0.4, 0.5) is 37.8 Å². The van der Waals surface area contributed by atoms with E-state index in [-0.39, 0.29) is 35.6 Å². The van der Waals surface area contributed by atoms with E-state index in [4.69, 9.17) is 5.73 Å². The molecule has 2 unspecified atom stereocenters. The summed E-state index contributed by atoms with van der Waals surface area (Å²) in [6.07, 6.45) is 7.59. The van der Waals surface area contributed by atoms with E-state index in [1.165, 1.54) is 16.7 Å². The van der Waals surface area contributed by atoms with Crippen LogP contribution in [0.15, 0.2) is 97.2 Å². The molecule has 3 amide bonds. The minimum absolute atomic E-state index is 0.153. The normalized spacial score (nSPS) is 21.6. The maximum Gasteiger partial charge on any atom is 0.328 e. The standard InChI is InChI=1S/C49H51FN10O3/c50-41-13-11-37(60-38-9-10-39(60)30-57(29-38)45-27-42(53-54-48(45)51)40-3-1-2-4-46(40)61)26-44(41)56-21-19-55(20-22-56)28-31-5-6-33-24-35(8-7-32(33)23-31)58-17-15-34-25-36(12-14-43(34)58)59-18-16-47(62)52-49(59)63/h1-6,11-15,17,23,25-27,35,38-39,61H,7-10,16,18-22,24,28-30H2,(H2,51,54)(H,52,62,63)/t35-,38?,39?/m1/s1. The Kier molecular flexibility index (Phi) is 9.90. The molecule has 4 N–H and O–H groups in total. The van der Waals surface area contributed by atoms with Crippen molar-refractivity contribution >= 4 is 51.4 Å². The van der Waals surface area contributed by atoms with Gasteiger partial charge in [0.25, 0.3) is 0 Å². The second-order valence-electron chi connectivity index (χ2n) is 17.8. The van der Waals surface area contributed by atoms with Crippen LogP contribution in [0.25, 0.3) is 22.2 Å². The maximum absolute atomic E-state index is 15.6. The average Bonchev–Trinajstić information content (AvgIpc) is 3.84. The molecule has 11 rings (SSSR count). The number of urea groups is 1. The minimum Gasteiger partial charge on any atom is -0.507 e. The Hall–Kier alpha value is -6.67. The number of nitrogens with zero attached hydrogens (tertiary/aromatic N) is 8. The van der Waals surface area contributed by atoms with Gasteiger partial charge < -0.3 is 30.1 Å². The molecule has 0 radical (unpaired) electrons. The van der Waals surface area contributed by atoms with Crippen molar-refractivity contribution in [1.29, 1.82) is 0 Å². The average molecular weight is 847 g/mol. The molecule has 4 fully saturated rings. The number of rotatable bonds is 8. The van der Waals surface area contributed by atoms with Crippen molar-refractivity contribution in [1.82, 2.24) is 25.0 Å². The number of aryl methyl sites for hydroxylation is 1. The Labute approximate surface area is 365 Å². The van der Waals surface area contributed by atoms with Crippen LogP contribution >= 0.6 is 0 Å². The lowest BCUT2D eigenvalue weighted by Gasteiger charge is -2.44. The number of nitrogens with one attached hydrogen (secondary N) is 1. The van der Waals surface area contributed by atoms with E-state index in [1.54, 1.807) is 23.1 Å². The molecule has 3 atom stereocenters. The first-order valence-corrected chi connectivity index (χ1v) is 22.3. The second-order valence-corrected chi connectivity index (χ2v) is 17.8. The van der Waals surface area contributed by atoms with Crippen LogP contribution in [-0.4, -0.2) is 94.6 Å². The molecule has 1 aliphatic carbocycles. The van der Waals surface area contributed by atoms with Crippen LogP contribution in [0.1, 0.15) is 48.4 Å². The number of para-hydroxylation sites is 1. The molecule has 6 aromatic rings. The Balaban J connectivity index is 0.712. The summed E-state index contributed by atoms with van der Waals surface area (Å²) in [6.45, 7) is 6.04. The summed E-state index contributed by atoms with van der Waals surface area (Å²) in [5, 5.41) is 22.5. The van der Waals surface area contributed by atoms with Crippen LogP contribution in [0, 0.1) is 5.82 Å². The number of carbonyl (C=O) groups is 2. The number of imide groups is 1. The highest BCUT2D eigenvalue weighted by molar-refractivity contribution is 6.06. The molecule has 5 aliphatic rings. The van der Waals surface area contributed by atoms with Crippen molar-refractivity contribution in [2.75, 3.05) is 71.1 Å². The highest BCUT2D eigenvalue weighted by Gasteiger charge is 2.41. The smallest absolute Gasteiger partial charge is 0.328 e. The van der Waals surface area contributed by atoms with Crippen LogP contribution in [0.5, 0.6) is 5.75 Å². The van der Waals surface area contributed by atoms with Gasteiger partial charge in [0.2, 0.25) is 5.91 Å². The zero-order valence-electron chi connectivity index (χ0n) is 35.2. The van der Waals surface area contributed by atoms with Gasteiger partial charge in [0.05, 0.1) is 17.1 Å². The number of aromatic hydroxyl groups is 1. The summed E-state index contributed by atoms with van der Waals surface area (Å²) in [6, 6.07) is 30.4. The number of aromatic nitrogens is 3. The third-order valence-electron chi connectivity index (χ3n) is 14.1. The van der Waals surface area contributed by atoms with E-state index >= 15 is 4.39 Å². The molecule has 2 aromatic heterocycles. The number of hydrogen-bond acceptors (Lipinski definition) is 10. The van der Waals surface area contributed by atoms with Crippen LogP contribution in [-0.2, 0) is 24.2 Å². The Morgan fingerprint density at radius 1 is 0.746 bits per heavy atom. The van der Waals surface area contributed by atoms with Gasteiger partial charge in [-0.3, -0.25) is 19.9 Å². The number of benzene rings is 4. The van der Waals surface area contributed by atoms with E-state index < -0.39 is 0 Å². The van der Waals surface area contributed by atoms with Gasteiger partial charge in [0.15, 0.2) is 5.82 Å². The van der Waals surface area contributed by atoms with Gasteiger partial charge in [0.1, 0.15) is 11.6 Å². The van der Waals surface area contributed by atoms with Gasteiger partial charge >= 0.3 is 6.03 Å². The first-order valence-electron chi connectivity index (χ1n) is 22.3. The fourth-order valence-corrected chi connectivity index (χ4v) is 10.9. The molecule has 14 heteroatoms. The quantitative estimate of drug-likeness (QED) is 0.149. The number of phenolic OH excluding ortho intramolecular Hbond substituents is 1. The summed E-state index contributed by atoms with van der Waals surface area (Å²) in [4.78, 5) is 35.2. The second kappa shape index (κ2) is 15.9. The first kappa shape index (κ1) is 39.2. The van der Waals surface area contributed by atoms with Crippen LogP contribution < -0.4 is 30.7 Å². The molecule has 4 aliphatic heterocycles. The van der Waals surface area contributed by atoms with Gasteiger partial charge in [-0.15, -0.1) is 10.2 Å². The van der Waals surface area contributed by atoms with Crippen molar-refractivity contribution in [3.05, 3.63) is 120 Å². The lowest BCUT2D eigenvalue weighted by Crippen LogP contribution is -2.54.